The van der Waals surface area contributed by atoms with E-state index in [9.17, 15) is 14.7 Å². The second-order valence-corrected chi connectivity index (χ2v) is 6.58. The molecule has 142 valence electrons. The number of hydrogen-bond acceptors (Lipinski definition) is 6. The van der Waals surface area contributed by atoms with Crippen molar-refractivity contribution in [2.75, 3.05) is 47.6 Å². The number of rotatable bonds is 5. The van der Waals surface area contributed by atoms with Crippen LogP contribution in [-0.2, 0) is 9.53 Å². The molecule has 0 unspecified atom stereocenters. The van der Waals surface area contributed by atoms with Crippen LogP contribution in [0.4, 0.5) is 0 Å². The van der Waals surface area contributed by atoms with Gasteiger partial charge >= 0.3 is 5.97 Å². The van der Waals surface area contributed by atoms with E-state index in [-0.39, 0.29) is 18.4 Å². The molecule has 0 aromatic heterocycles. The second kappa shape index (κ2) is 7.03. The Bertz CT molecular complexity index is 720. The van der Waals surface area contributed by atoms with Crippen molar-refractivity contribution in [1.82, 2.24) is 4.90 Å². The first kappa shape index (κ1) is 18.3. The molecule has 1 N–H and O–H groups in total. The van der Waals surface area contributed by atoms with Crippen LogP contribution in [-0.4, -0.2) is 69.5 Å². The molecule has 1 aromatic carbocycles. The van der Waals surface area contributed by atoms with Crippen LogP contribution in [0.3, 0.4) is 0 Å². The Labute approximate surface area is 151 Å². The normalized spacial score (nSPS) is 24.7. The summed E-state index contributed by atoms with van der Waals surface area (Å²) in [5.41, 5.74) is -0.636. The van der Waals surface area contributed by atoms with E-state index >= 15 is 0 Å². The van der Waals surface area contributed by atoms with Crippen molar-refractivity contribution >= 4 is 11.9 Å². The quantitative estimate of drug-likeness (QED) is 0.840. The van der Waals surface area contributed by atoms with Crippen molar-refractivity contribution < 1.29 is 33.6 Å². The lowest BCUT2D eigenvalue weighted by atomic mass is 9.74. The van der Waals surface area contributed by atoms with Gasteiger partial charge in [-0.25, -0.2) is 0 Å². The summed E-state index contributed by atoms with van der Waals surface area (Å²) in [6.07, 6.45) is 0.403. The van der Waals surface area contributed by atoms with Gasteiger partial charge in [0.2, 0.25) is 0 Å². The molecule has 1 aromatic rings. The highest BCUT2D eigenvalue weighted by Gasteiger charge is 2.55. The standard InChI is InChI=1S/C18H23NO7/c1-23-13-7-15(25-3)14(24-2)6-12(13)16(20)19-8-11-9-26-5-4-18(11,10-19)17(21)22/h6-7,11H,4-5,8-10H2,1-3H3,(H,21,22)/t11-,18+/m1/s1. The predicted octanol–water partition coefficient (Wildman–Crippen LogP) is 1.28. The molecule has 0 spiro atoms. The maximum Gasteiger partial charge on any atom is 0.311 e. The minimum atomic E-state index is -0.947. The maximum absolute atomic E-state index is 13.1. The number of carboxylic acids is 1. The highest BCUT2D eigenvalue weighted by Crippen LogP contribution is 2.44. The van der Waals surface area contributed by atoms with Crippen molar-refractivity contribution in [2.24, 2.45) is 11.3 Å². The number of carbonyl (C=O) groups is 2. The Morgan fingerprint density at radius 3 is 2.38 bits per heavy atom. The minimum Gasteiger partial charge on any atom is -0.496 e. The zero-order chi connectivity index (χ0) is 18.9. The van der Waals surface area contributed by atoms with Gasteiger partial charge in [-0.1, -0.05) is 0 Å². The number of aliphatic carboxylic acids is 1. The minimum absolute atomic E-state index is 0.159. The van der Waals surface area contributed by atoms with Crippen LogP contribution in [0.15, 0.2) is 12.1 Å². The number of carbonyl (C=O) groups excluding carboxylic acids is 1. The van der Waals surface area contributed by atoms with Crippen molar-refractivity contribution in [1.29, 1.82) is 0 Å². The molecule has 0 radical (unpaired) electrons. The molecular weight excluding hydrogens is 342 g/mol. The smallest absolute Gasteiger partial charge is 0.311 e. The van der Waals surface area contributed by atoms with Gasteiger partial charge in [0.1, 0.15) is 5.75 Å². The molecule has 2 fully saturated rings. The van der Waals surface area contributed by atoms with Crippen LogP contribution < -0.4 is 14.2 Å². The molecule has 8 heteroatoms. The Morgan fingerprint density at radius 1 is 1.15 bits per heavy atom. The highest BCUT2D eigenvalue weighted by atomic mass is 16.5. The molecule has 3 rings (SSSR count). The first-order valence-electron chi connectivity index (χ1n) is 8.37. The number of carboxylic acid groups (broad SMARTS) is 1. The number of likely N-dealkylation sites (tertiary alicyclic amines) is 1. The van der Waals surface area contributed by atoms with E-state index in [4.69, 9.17) is 18.9 Å². The molecule has 0 aliphatic carbocycles. The Morgan fingerprint density at radius 2 is 1.81 bits per heavy atom. The monoisotopic (exact) mass is 365 g/mol. The zero-order valence-corrected chi connectivity index (χ0v) is 15.1. The third-order valence-corrected chi connectivity index (χ3v) is 5.36. The van der Waals surface area contributed by atoms with Gasteiger partial charge < -0.3 is 29.0 Å². The maximum atomic E-state index is 13.1. The molecule has 26 heavy (non-hydrogen) atoms. The van der Waals surface area contributed by atoms with Crippen LogP contribution in [0.5, 0.6) is 17.2 Å². The van der Waals surface area contributed by atoms with Gasteiger partial charge in [-0.3, -0.25) is 9.59 Å². The molecule has 0 saturated carbocycles. The number of fused-ring (bicyclic) bond motifs is 1. The first-order valence-corrected chi connectivity index (χ1v) is 8.37. The number of hydrogen-bond donors (Lipinski definition) is 1. The SMILES string of the molecule is COc1cc(OC)c(C(=O)N2C[C@@H]3COCC[C@]3(C(=O)O)C2)cc1OC. The number of amides is 1. The van der Waals surface area contributed by atoms with Crippen molar-refractivity contribution in [3.63, 3.8) is 0 Å². The number of ether oxygens (including phenoxy) is 4. The predicted molar refractivity (Wildman–Crippen MR) is 91.0 cm³/mol. The fourth-order valence-electron chi connectivity index (χ4n) is 3.82. The fourth-order valence-corrected chi connectivity index (χ4v) is 3.82. The molecule has 2 atom stereocenters. The molecule has 2 heterocycles. The lowest BCUT2D eigenvalue weighted by molar-refractivity contribution is -0.157. The second-order valence-electron chi connectivity index (χ2n) is 6.58. The molecule has 8 nitrogen and oxygen atoms in total. The van der Waals surface area contributed by atoms with E-state index in [0.29, 0.717) is 49.0 Å². The summed E-state index contributed by atoms with van der Waals surface area (Å²) in [6, 6.07) is 3.15. The van der Waals surface area contributed by atoms with Crippen LogP contribution in [0.25, 0.3) is 0 Å². The van der Waals surface area contributed by atoms with Gasteiger partial charge in [-0.05, 0) is 6.42 Å². The topological polar surface area (TPSA) is 94.5 Å². The molecular formula is C18H23NO7. The zero-order valence-electron chi connectivity index (χ0n) is 15.1. The average Bonchev–Trinajstić information content (AvgIpc) is 3.07. The van der Waals surface area contributed by atoms with Crippen LogP contribution in [0.1, 0.15) is 16.8 Å². The number of benzene rings is 1. The summed E-state index contributed by atoms with van der Waals surface area (Å²) < 4.78 is 21.3. The van der Waals surface area contributed by atoms with Gasteiger partial charge in [-0.15, -0.1) is 0 Å². The summed E-state index contributed by atoms with van der Waals surface area (Å²) in [5, 5.41) is 9.77. The molecule has 0 bridgehead atoms. The lowest BCUT2D eigenvalue weighted by Crippen LogP contribution is -2.45. The molecule has 1 amide bonds. The number of nitrogens with zero attached hydrogens (tertiary/aromatic N) is 1. The first-order chi connectivity index (χ1) is 12.5. The average molecular weight is 365 g/mol. The van der Waals surface area contributed by atoms with E-state index in [1.807, 2.05) is 0 Å². The van der Waals surface area contributed by atoms with E-state index in [0.717, 1.165) is 0 Å². The van der Waals surface area contributed by atoms with Crippen molar-refractivity contribution in [3.05, 3.63) is 17.7 Å². The fraction of sp³-hybridized carbons (Fsp3) is 0.556. The number of methoxy groups -OCH3 is 3. The van der Waals surface area contributed by atoms with E-state index in [2.05, 4.69) is 0 Å². The molecule has 2 aliphatic heterocycles. The van der Waals surface area contributed by atoms with Crippen molar-refractivity contribution in [3.8, 4) is 17.2 Å². The van der Waals surface area contributed by atoms with Crippen LogP contribution >= 0.6 is 0 Å². The van der Waals surface area contributed by atoms with Gasteiger partial charge in [-0.2, -0.15) is 0 Å². The van der Waals surface area contributed by atoms with Gasteiger partial charge in [0.25, 0.3) is 5.91 Å². The van der Waals surface area contributed by atoms with Gasteiger partial charge in [0, 0.05) is 37.7 Å². The Hall–Kier alpha value is -2.48. The summed E-state index contributed by atoms with van der Waals surface area (Å²) >= 11 is 0. The Kier molecular flexibility index (Phi) is 4.95. The summed E-state index contributed by atoms with van der Waals surface area (Å²) in [6.45, 7) is 1.24. The van der Waals surface area contributed by atoms with Gasteiger partial charge in [0.05, 0.1) is 38.9 Å². The Balaban J connectivity index is 1.94. The third kappa shape index (κ3) is 2.84. The van der Waals surface area contributed by atoms with E-state index < -0.39 is 11.4 Å². The molecule has 2 aliphatic rings. The summed E-state index contributed by atoms with van der Waals surface area (Å²) in [7, 11) is 4.45. The third-order valence-electron chi connectivity index (χ3n) is 5.36. The van der Waals surface area contributed by atoms with Gasteiger partial charge in [0.15, 0.2) is 11.5 Å². The van der Waals surface area contributed by atoms with E-state index in [1.54, 1.807) is 17.0 Å². The summed E-state index contributed by atoms with van der Waals surface area (Å²) in [4.78, 5) is 26.6. The van der Waals surface area contributed by atoms with Crippen LogP contribution in [0, 0.1) is 11.3 Å². The lowest BCUT2D eigenvalue weighted by Gasteiger charge is -2.33. The largest absolute Gasteiger partial charge is 0.496 e. The van der Waals surface area contributed by atoms with Crippen LogP contribution in [0.2, 0.25) is 0 Å². The molecule has 2 saturated heterocycles. The van der Waals surface area contributed by atoms with Crippen molar-refractivity contribution in [2.45, 2.75) is 6.42 Å². The van der Waals surface area contributed by atoms with E-state index in [1.165, 1.54) is 21.3 Å². The highest BCUT2D eigenvalue weighted by molar-refractivity contribution is 5.98. The summed E-state index contributed by atoms with van der Waals surface area (Å²) in [5.74, 6) is -0.180.